The molecular formula is C23H30Cu2N2O7. The Labute approximate surface area is 221 Å². The minimum atomic E-state index is -1.08. The summed E-state index contributed by atoms with van der Waals surface area (Å²) in [5, 5.41) is 57.9. The van der Waals surface area contributed by atoms with Gasteiger partial charge in [-0.05, 0) is 31.9 Å². The zero-order chi connectivity index (χ0) is 25.1. The van der Waals surface area contributed by atoms with Gasteiger partial charge >= 0.3 is 34.1 Å². The van der Waals surface area contributed by atoms with Gasteiger partial charge in [0.15, 0.2) is 0 Å². The predicted octanol–water partition coefficient (Wildman–Crippen LogP) is -1.31. The molecule has 34 heavy (non-hydrogen) atoms. The molecule has 0 aliphatic heterocycles. The quantitative estimate of drug-likeness (QED) is 0.319. The molecule has 0 fully saturated rings. The summed E-state index contributed by atoms with van der Waals surface area (Å²) < 4.78 is 0. The van der Waals surface area contributed by atoms with Crippen molar-refractivity contribution >= 4 is 18.4 Å². The van der Waals surface area contributed by atoms with Crippen molar-refractivity contribution in [3.63, 3.8) is 0 Å². The number of aryl methyl sites for hydroxylation is 2. The van der Waals surface area contributed by atoms with Crippen LogP contribution in [0, 0.1) is 13.8 Å². The maximum atomic E-state index is 11.8. The number of nitrogens with zero attached hydrogens (tertiary/aromatic N) is 2. The van der Waals surface area contributed by atoms with E-state index in [1.807, 2.05) is 13.8 Å². The molecule has 2 rings (SSSR count). The van der Waals surface area contributed by atoms with Crippen LogP contribution in [0.1, 0.15) is 29.2 Å². The second-order valence-electron chi connectivity index (χ2n) is 6.18. The molecule has 0 atom stereocenters. The van der Waals surface area contributed by atoms with Crippen molar-refractivity contribution in [1.82, 2.24) is 0 Å². The first-order chi connectivity index (χ1) is 15.2. The Balaban J connectivity index is -0.000000399. The topological polar surface area (TPSA) is 174 Å². The van der Waals surface area contributed by atoms with Crippen molar-refractivity contribution in [2.24, 2.45) is 9.98 Å². The van der Waals surface area contributed by atoms with E-state index in [1.54, 1.807) is 24.3 Å². The normalized spacial score (nSPS) is 10.2. The number of carbonyl (C=O) groups is 1. The van der Waals surface area contributed by atoms with Crippen molar-refractivity contribution in [2.75, 3.05) is 27.3 Å². The number of carbonyl (C=O) groups excluding carboxylic acids is 1. The molecule has 11 heteroatoms. The average Bonchev–Trinajstić information content (AvgIpc) is 2.75. The molecule has 2 radical (unpaired) electrons. The number of aliphatic carboxylic acids is 1. The molecule has 0 aliphatic rings. The van der Waals surface area contributed by atoms with Crippen LogP contribution in [0.25, 0.3) is 0 Å². The molecule has 0 bridgehead atoms. The van der Waals surface area contributed by atoms with Gasteiger partial charge in [0.2, 0.25) is 0 Å². The van der Waals surface area contributed by atoms with E-state index < -0.39 is 12.1 Å². The largest absolute Gasteiger partial charge is 2.00 e. The molecule has 0 heterocycles. The summed E-state index contributed by atoms with van der Waals surface area (Å²) in [6.45, 7) is 4.81. The number of aliphatic hydroxyl groups is 2. The van der Waals surface area contributed by atoms with Crippen LogP contribution in [0.5, 0.6) is 11.5 Å². The molecule has 0 amide bonds. The fourth-order valence-electron chi connectivity index (χ4n) is 2.13. The standard InChI is InChI=1S/C19H21N2O3.C2H4O2.2CH4O.2Cu/c1-13-3-5-18(23)15(7-13)9-20-11-17(22)12-21-10-16-8-14(2)4-6-19(16)24;1-2(3)4;2*1-2;;/h3-10,17,23-24H,11-12H2,1-2H3;1H3,(H,3,4);2*2H,1H3;;/q-1;;;;2*+2/p-3. The molecule has 0 unspecified atom stereocenters. The number of benzene rings is 2. The first kappa shape index (κ1) is 39.0. The third-order valence-corrected chi connectivity index (χ3v) is 3.41. The van der Waals surface area contributed by atoms with Crippen LogP contribution in [0.3, 0.4) is 0 Å². The number of aliphatic hydroxyl groups excluding tert-OH is 2. The van der Waals surface area contributed by atoms with Crippen LogP contribution in [-0.4, -0.2) is 62.0 Å². The van der Waals surface area contributed by atoms with Gasteiger partial charge in [0.05, 0.1) is 0 Å². The Kier molecular flexibility index (Phi) is 27.4. The van der Waals surface area contributed by atoms with E-state index in [2.05, 4.69) is 9.98 Å². The summed E-state index contributed by atoms with van der Waals surface area (Å²) in [6, 6.07) is 9.91. The van der Waals surface area contributed by atoms with Crippen LogP contribution in [0.4, 0.5) is 0 Å². The number of rotatable bonds is 6. The maximum absolute atomic E-state index is 11.8. The van der Waals surface area contributed by atoms with Crippen LogP contribution in [0.2, 0.25) is 0 Å². The molecule has 0 aromatic heterocycles. The molecular weight excluding hydrogens is 543 g/mol. The number of hydrogen-bond donors (Lipinski definition) is 2. The van der Waals surface area contributed by atoms with Crippen LogP contribution in [0.15, 0.2) is 46.4 Å². The van der Waals surface area contributed by atoms with Gasteiger partial charge in [0, 0.05) is 45.7 Å². The fourth-order valence-corrected chi connectivity index (χ4v) is 2.13. The summed E-state index contributed by atoms with van der Waals surface area (Å²) in [5.74, 6) is -1.32. The summed E-state index contributed by atoms with van der Waals surface area (Å²) in [7, 11) is 2.00. The molecule has 0 aliphatic carbocycles. The van der Waals surface area contributed by atoms with Gasteiger partial charge in [-0.2, -0.15) is 0 Å². The minimum Gasteiger partial charge on any atom is -0.872 e. The molecule has 0 spiro atoms. The van der Waals surface area contributed by atoms with E-state index in [1.165, 1.54) is 24.6 Å². The Morgan fingerprint density at radius 1 is 0.853 bits per heavy atom. The van der Waals surface area contributed by atoms with Crippen molar-refractivity contribution in [3.8, 4) is 11.5 Å². The second kappa shape index (κ2) is 23.9. The van der Waals surface area contributed by atoms with E-state index in [-0.39, 0.29) is 58.7 Å². The van der Waals surface area contributed by atoms with E-state index in [0.29, 0.717) is 11.1 Å². The summed E-state index contributed by atoms with van der Waals surface area (Å²) in [4.78, 5) is 16.9. The molecule has 2 N–H and O–H groups in total. The van der Waals surface area contributed by atoms with Gasteiger partial charge in [0.1, 0.15) is 0 Å². The van der Waals surface area contributed by atoms with E-state index in [9.17, 15) is 15.3 Å². The van der Waals surface area contributed by atoms with Gasteiger partial charge in [-0.15, -0.1) is 11.5 Å². The zero-order valence-electron chi connectivity index (χ0n) is 19.5. The second-order valence-corrected chi connectivity index (χ2v) is 6.18. The van der Waals surface area contributed by atoms with Crippen LogP contribution < -0.4 is 20.4 Å². The number of carboxylic acid groups (broad SMARTS) is 1. The number of aliphatic imine (C=N–C) groups is 2. The average molecular weight is 574 g/mol. The van der Waals surface area contributed by atoms with Crippen LogP contribution in [-0.2, 0) is 38.9 Å². The van der Waals surface area contributed by atoms with E-state index in [0.717, 1.165) is 32.3 Å². The Bertz CT molecular complexity index is 796. The smallest absolute Gasteiger partial charge is 0.872 e. The fraction of sp³-hybridized carbons (Fsp3) is 0.348. The Morgan fingerprint density at radius 3 is 1.44 bits per heavy atom. The van der Waals surface area contributed by atoms with Gasteiger partial charge in [-0.1, -0.05) is 53.6 Å². The molecule has 0 saturated heterocycles. The summed E-state index contributed by atoms with van der Waals surface area (Å²) >= 11 is 0. The molecule has 196 valence electrons. The summed E-state index contributed by atoms with van der Waals surface area (Å²) in [5.41, 5.74) is 2.87. The molecule has 0 saturated carbocycles. The number of hydrogen-bond acceptors (Lipinski definition) is 9. The minimum absolute atomic E-state index is 0. The predicted molar refractivity (Wildman–Crippen MR) is 117 cm³/mol. The third-order valence-electron chi connectivity index (χ3n) is 3.41. The first-order valence-corrected chi connectivity index (χ1v) is 9.47. The molecule has 2 aromatic carbocycles. The SMILES string of the molecule is CC(=O)[O-].CO.CO.Cc1ccc([O-])c(C=NCC([O-])CN=Cc2cc(C)ccc2[O-])c1.[Cu+2].[Cu+2]. The monoisotopic (exact) mass is 572 g/mol. The van der Waals surface area contributed by atoms with Crippen molar-refractivity contribution in [3.05, 3.63) is 58.7 Å². The van der Waals surface area contributed by atoms with Crippen molar-refractivity contribution in [2.45, 2.75) is 26.9 Å². The maximum Gasteiger partial charge on any atom is 2.00 e. The van der Waals surface area contributed by atoms with Gasteiger partial charge < -0.3 is 35.4 Å². The zero-order valence-corrected chi connectivity index (χ0v) is 21.4. The van der Waals surface area contributed by atoms with E-state index in [4.69, 9.17) is 20.1 Å². The number of carboxylic acids is 1. The van der Waals surface area contributed by atoms with Crippen LogP contribution >= 0.6 is 0 Å². The molecule has 2 aromatic rings. The molecule has 9 nitrogen and oxygen atoms in total. The van der Waals surface area contributed by atoms with Crippen molar-refractivity contribution in [1.29, 1.82) is 0 Å². The first-order valence-electron chi connectivity index (χ1n) is 9.47. The third kappa shape index (κ3) is 19.3. The Morgan fingerprint density at radius 2 is 1.15 bits per heavy atom. The Hall–Kier alpha value is -2.23. The van der Waals surface area contributed by atoms with Gasteiger partial charge in [-0.25, -0.2) is 0 Å². The van der Waals surface area contributed by atoms with Crippen molar-refractivity contribution < 1.29 is 69.6 Å². The van der Waals surface area contributed by atoms with Gasteiger partial charge in [-0.3, -0.25) is 9.98 Å². The van der Waals surface area contributed by atoms with Gasteiger partial charge in [0.25, 0.3) is 0 Å². The summed E-state index contributed by atoms with van der Waals surface area (Å²) in [6.07, 6.45) is 1.85. The van der Waals surface area contributed by atoms with E-state index >= 15 is 0 Å².